The maximum absolute atomic E-state index is 12.9. The van der Waals surface area contributed by atoms with Crippen LogP contribution in [0.2, 0.25) is 5.02 Å². The zero-order chi connectivity index (χ0) is 13.7. The molecule has 0 saturated carbocycles. The van der Waals surface area contributed by atoms with E-state index in [1.165, 1.54) is 25.1 Å². The Balaban J connectivity index is 2.47. The first-order valence-corrected chi connectivity index (χ1v) is 5.49. The number of hydrogen-bond acceptors (Lipinski definition) is 2. The summed E-state index contributed by atoms with van der Waals surface area (Å²) >= 11 is 5.57. The van der Waals surface area contributed by atoms with Crippen LogP contribution in [0.4, 0.5) is 9.18 Å². The van der Waals surface area contributed by atoms with E-state index in [4.69, 9.17) is 16.7 Å². The molecule has 0 radical (unpaired) electrons. The molecular formula is C11H12ClFN2O3. The van der Waals surface area contributed by atoms with E-state index in [2.05, 4.69) is 10.6 Å². The van der Waals surface area contributed by atoms with Gasteiger partial charge in [0.1, 0.15) is 11.9 Å². The summed E-state index contributed by atoms with van der Waals surface area (Å²) in [4.78, 5) is 21.8. The van der Waals surface area contributed by atoms with Gasteiger partial charge in [-0.1, -0.05) is 17.7 Å². The molecule has 1 aromatic carbocycles. The number of benzene rings is 1. The molecule has 0 fully saturated rings. The van der Waals surface area contributed by atoms with Gasteiger partial charge in [0.15, 0.2) is 0 Å². The molecule has 0 aliphatic rings. The highest BCUT2D eigenvalue weighted by atomic mass is 35.5. The SMILES string of the molecule is C[C@@H](NC(=O)NCc1ccc(F)c(Cl)c1)C(=O)O. The lowest BCUT2D eigenvalue weighted by atomic mass is 10.2. The van der Waals surface area contributed by atoms with E-state index in [0.29, 0.717) is 5.56 Å². The van der Waals surface area contributed by atoms with Crippen LogP contribution >= 0.6 is 11.6 Å². The summed E-state index contributed by atoms with van der Waals surface area (Å²) in [6, 6.07) is 2.45. The topological polar surface area (TPSA) is 78.4 Å². The number of carbonyl (C=O) groups excluding carboxylic acids is 1. The number of amides is 2. The molecule has 0 aliphatic heterocycles. The number of nitrogens with one attached hydrogen (secondary N) is 2. The number of carboxylic acid groups (broad SMARTS) is 1. The first-order chi connectivity index (χ1) is 8.40. The normalized spacial score (nSPS) is 11.7. The highest BCUT2D eigenvalue weighted by Crippen LogP contribution is 2.15. The van der Waals surface area contributed by atoms with Crippen LogP contribution in [0.1, 0.15) is 12.5 Å². The summed E-state index contributed by atoms with van der Waals surface area (Å²) in [5.74, 6) is -1.67. The summed E-state index contributed by atoms with van der Waals surface area (Å²) < 4.78 is 12.9. The van der Waals surface area contributed by atoms with Gasteiger partial charge < -0.3 is 15.7 Å². The van der Waals surface area contributed by atoms with Gasteiger partial charge in [-0.3, -0.25) is 4.79 Å². The smallest absolute Gasteiger partial charge is 0.325 e. The molecule has 1 aromatic rings. The molecule has 0 aromatic heterocycles. The zero-order valence-electron chi connectivity index (χ0n) is 9.54. The van der Waals surface area contributed by atoms with Crippen LogP contribution in [0.5, 0.6) is 0 Å². The van der Waals surface area contributed by atoms with E-state index in [1.807, 2.05) is 0 Å². The van der Waals surface area contributed by atoms with Gasteiger partial charge in [0.2, 0.25) is 0 Å². The van der Waals surface area contributed by atoms with Gasteiger partial charge in [-0.25, -0.2) is 9.18 Å². The Bertz CT molecular complexity index is 468. The van der Waals surface area contributed by atoms with Crippen molar-refractivity contribution in [1.82, 2.24) is 10.6 Å². The number of hydrogen-bond donors (Lipinski definition) is 3. The summed E-state index contributed by atoms with van der Waals surface area (Å²) in [7, 11) is 0. The van der Waals surface area contributed by atoms with E-state index in [-0.39, 0.29) is 11.6 Å². The Morgan fingerprint density at radius 3 is 2.72 bits per heavy atom. The van der Waals surface area contributed by atoms with Gasteiger partial charge in [-0.2, -0.15) is 0 Å². The molecule has 1 atom stereocenters. The van der Waals surface area contributed by atoms with E-state index < -0.39 is 23.9 Å². The molecule has 0 heterocycles. The monoisotopic (exact) mass is 274 g/mol. The third-order valence-electron chi connectivity index (χ3n) is 2.16. The Morgan fingerprint density at radius 1 is 1.50 bits per heavy atom. The predicted octanol–water partition coefficient (Wildman–Crippen LogP) is 1.75. The first kappa shape index (κ1) is 14.2. The second-order valence-electron chi connectivity index (χ2n) is 3.64. The maximum atomic E-state index is 12.9. The minimum absolute atomic E-state index is 0.0337. The third kappa shape index (κ3) is 4.21. The van der Waals surface area contributed by atoms with Gasteiger partial charge in [0, 0.05) is 6.54 Å². The van der Waals surface area contributed by atoms with Crippen LogP contribution < -0.4 is 10.6 Å². The van der Waals surface area contributed by atoms with Crippen molar-refractivity contribution in [2.45, 2.75) is 19.5 Å². The Labute approximate surface area is 108 Å². The number of aliphatic carboxylic acids is 1. The molecule has 2 amide bonds. The molecule has 0 unspecified atom stereocenters. The quantitative estimate of drug-likeness (QED) is 0.783. The van der Waals surface area contributed by atoms with Gasteiger partial charge >= 0.3 is 12.0 Å². The van der Waals surface area contributed by atoms with Crippen molar-refractivity contribution < 1.29 is 19.1 Å². The van der Waals surface area contributed by atoms with Gasteiger partial charge in [-0.05, 0) is 24.6 Å². The van der Waals surface area contributed by atoms with Crippen LogP contribution in [-0.2, 0) is 11.3 Å². The number of rotatable bonds is 4. The molecule has 18 heavy (non-hydrogen) atoms. The number of urea groups is 1. The van der Waals surface area contributed by atoms with E-state index in [0.717, 1.165) is 0 Å². The highest BCUT2D eigenvalue weighted by Gasteiger charge is 2.13. The Kier molecular flexibility index (Phi) is 4.91. The van der Waals surface area contributed by atoms with E-state index in [9.17, 15) is 14.0 Å². The standard InChI is InChI=1S/C11H12ClFN2O3/c1-6(10(16)17)15-11(18)14-5-7-2-3-9(13)8(12)4-7/h2-4,6H,5H2,1H3,(H,16,17)(H2,14,15,18)/t6-/m1/s1. The Morgan fingerprint density at radius 2 is 2.17 bits per heavy atom. The molecule has 0 saturated heterocycles. The number of halogens is 2. The third-order valence-corrected chi connectivity index (χ3v) is 2.44. The maximum Gasteiger partial charge on any atom is 0.325 e. The van der Waals surface area contributed by atoms with Crippen molar-refractivity contribution in [3.05, 3.63) is 34.6 Å². The molecule has 0 aliphatic carbocycles. The highest BCUT2D eigenvalue weighted by molar-refractivity contribution is 6.30. The Hall–Kier alpha value is -1.82. The van der Waals surface area contributed by atoms with Crippen LogP contribution in [0.15, 0.2) is 18.2 Å². The molecule has 0 bridgehead atoms. The molecule has 3 N–H and O–H groups in total. The van der Waals surface area contributed by atoms with Gasteiger partial charge in [-0.15, -0.1) is 0 Å². The van der Waals surface area contributed by atoms with Crippen LogP contribution in [0, 0.1) is 5.82 Å². The second kappa shape index (κ2) is 6.20. The number of carboxylic acids is 1. The van der Waals surface area contributed by atoms with Crippen molar-refractivity contribution >= 4 is 23.6 Å². The van der Waals surface area contributed by atoms with Crippen molar-refractivity contribution in [1.29, 1.82) is 0 Å². The fourth-order valence-corrected chi connectivity index (χ4v) is 1.34. The molecular weight excluding hydrogens is 263 g/mol. The predicted molar refractivity (Wildman–Crippen MR) is 63.9 cm³/mol. The van der Waals surface area contributed by atoms with Crippen LogP contribution in [-0.4, -0.2) is 23.1 Å². The summed E-state index contributed by atoms with van der Waals surface area (Å²) in [6.45, 7) is 1.47. The number of carbonyl (C=O) groups is 2. The lowest BCUT2D eigenvalue weighted by molar-refractivity contribution is -0.138. The first-order valence-electron chi connectivity index (χ1n) is 5.11. The van der Waals surface area contributed by atoms with Crippen LogP contribution in [0.25, 0.3) is 0 Å². The average Bonchev–Trinajstić information content (AvgIpc) is 2.30. The minimum atomic E-state index is -1.13. The van der Waals surface area contributed by atoms with Crippen molar-refractivity contribution in [3.8, 4) is 0 Å². The van der Waals surface area contributed by atoms with Crippen molar-refractivity contribution in [2.24, 2.45) is 0 Å². The van der Waals surface area contributed by atoms with Crippen LogP contribution in [0.3, 0.4) is 0 Å². The minimum Gasteiger partial charge on any atom is -0.480 e. The average molecular weight is 275 g/mol. The lowest BCUT2D eigenvalue weighted by Crippen LogP contribution is -2.44. The molecule has 7 heteroatoms. The van der Waals surface area contributed by atoms with Crippen molar-refractivity contribution in [3.63, 3.8) is 0 Å². The summed E-state index contributed by atoms with van der Waals surface area (Å²) in [6.07, 6.45) is 0. The van der Waals surface area contributed by atoms with Gasteiger partial charge in [0.25, 0.3) is 0 Å². The van der Waals surface area contributed by atoms with E-state index in [1.54, 1.807) is 0 Å². The largest absolute Gasteiger partial charge is 0.480 e. The molecule has 1 rings (SSSR count). The summed E-state index contributed by atoms with van der Waals surface area (Å²) in [5.41, 5.74) is 0.611. The van der Waals surface area contributed by atoms with Gasteiger partial charge in [0.05, 0.1) is 5.02 Å². The fourth-order valence-electron chi connectivity index (χ4n) is 1.14. The second-order valence-corrected chi connectivity index (χ2v) is 4.04. The fraction of sp³-hybridized carbons (Fsp3) is 0.273. The molecule has 0 spiro atoms. The summed E-state index contributed by atoms with van der Waals surface area (Å²) in [5, 5.41) is 13.2. The van der Waals surface area contributed by atoms with E-state index >= 15 is 0 Å². The molecule has 98 valence electrons. The van der Waals surface area contributed by atoms with Crippen molar-refractivity contribution in [2.75, 3.05) is 0 Å². The zero-order valence-corrected chi connectivity index (χ0v) is 10.3. The lowest BCUT2D eigenvalue weighted by Gasteiger charge is -2.10. The molecule has 5 nitrogen and oxygen atoms in total.